The van der Waals surface area contributed by atoms with E-state index in [9.17, 15) is 0 Å². The van der Waals surface area contributed by atoms with Gasteiger partial charge in [-0.15, -0.1) is 0 Å². The Bertz CT molecular complexity index is 449. The van der Waals surface area contributed by atoms with Crippen LogP contribution >= 0.6 is 0 Å². The minimum absolute atomic E-state index is 0.211. The fourth-order valence-electron chi connectivity index (χ4n) is 2.46. The van der Waals surface area contributed by atoms with Crippen LogP contribution in [-0.2, 0) is 17.9 Å². The Hall–Kier alpha value is -1.30. The molecule has 1 heterocycles. The maximum atomic E-state index is 9.01. The number of rotatable bonds is 6. The van der Waals surface area contributed by atoms with Crippen molar-refractivity contribution in [1.29, 1.82) is 0 Å². The van der Waals surface area contributed by atoms with Crippen LogP contribution in [0, 0.1) is 0 Å². The molecule has 1 aromatic carbocycles. The number of anilines is 1. The van der Waals surface area contributed by atoms with Crippen molar-refractivity contribution in [3.05, 3.63) is 23.3 Å². The van der Waals surface area contributed by atoms with Crippen molar-refractivity contribution in [2.75, 3.05) is 25.7 Å². The van der Waals surface area contributed by atoms with E-state index in [2.05, 4.69) is 18.7 Å². The SMILES string of the molecule is CC(C)N(CCCO)Cc1cc(N)cc2c1OCOC2. The predicted octanol–water partition coefficient (Wildman–Crippen LogP) is 1.73. The molecule has 0 unspecified atom stereocenters. The fraction of sp³-hybridized carbons (Fsp3) is 0.600. The van der Waals surface area contributed by atoms with Gasteiger partial charge in [0.1, 0.15) is 5.75 Å². The minimum Gasteiger partial charge on any atom is -0.467 e. The monoisotopic (exact) mass is 280 g/mol. The first-order chi connectivity index (χ1) is 9.61. The molecule has 0 fully saturated rings. The Balaban J connectivity index is 2.20. The summed E-state index contributed by atoms with van der Waals surface area (Å²) in [7, 11) is 0. The number of aliphatic hydroxyl groups excluding tert-OH is 1. The van der Waals surface area contributed by atoms with E-state index in [4.69, 9.17) is 20.3 Å². The van der Waals surface area contributed by atoms with Crippen molar-refractivity contribution in [2.45, 2.75) is 39.5 Å². The standard InChI is InChI=1S/C15H24N2O3/c1-11(2)17(4-3-5-18)8-12-6-14(16)7-13-9-19-10-20-15(12)13/h6-7,11,18H,3-5,8-10,16H2,1-2H3. The van der Waals surface area contributed by atoms with E-state index >= 15 is 0 Å². The molecule has 0 bridgehead atoms. The third-order valence-electron chi connectivity index (χ3n) is 3.52. The molecule has 0 amide bonds. The number of ether oxygens (including phenoxy) is 2. The summed E-state index contributed by atoms with van der Waals surface area (Å²) < 4.78 is 10.9. The fourth-order valence-corrected chi connectivity index (χ4v) is 2.46. The zero-order valence-corrected chi connectivity index (χ0v) is 12.3. The molecule has 3 N–H and O–H groups in total. The Morgan fingerprint density at radius 3 is 2.90 bits per heavy atom. The van der Waals surface area contributed by atoms with Crippen LogP contribution in [0.1, 0.15) is 31.4 Å². The highest BCUT2D eigenvalue weighted by Gasteiger charge is 2.19. The van der Waals surface area contributed by atoms with Crippen LogP contribution in [0.4, 0.5) is 5.69 Å². The van der Waals surface area contributed by atoms with Gasteiger partial charge in [-0.2, -0.15) is 0 Å². The van der Waals surface area contributed by atoms with Crippen molar-refractivity contribution in [3.63, 3.8) is 0 Å². The Labute approximate surface area is 120 Å². The number of aliphatic hydroxyl groups is 1. The molecular weight excluding hydrogens is 256 g/mol. The molecule has 5 heteroatoms. The Morgan fingerprint density at radius 2 is 2.20 bits per heavy atom. The largest absolute Gasteiger partial charge is 0.467 e. The van der Waals surface area contributed by atoms with Gasteiger partial charge >= 0.3 is 0 Å². The summed E-state index contributed by atoms with van der Waals surface area (Å²) in [6, 6.07) is 4.28. The zero-order chi connectivity index (χ0) is 14.5. The van der Waals surface area contributed by atoms with E-state index in [1.165, 1.54) is 0 Å². The lowest BCUT2D eigenvalue weighted by molar-refractivity contribution is -0.0175. The Kier molecular flexibility index (Phi) is 5.23. The smallest absolute Gasteiger partial charge is 0.189 e. The van der Waals surface area contributed by atoms with E-state index in [-0.39, 0.29) is 6.61 Å². The number of nitrogens with zero attached hydrogens (tertiary/aromatic N) is 1. The molecule has 0 radical (unpaired) electrons. The molecule has 112 valence electrons. The maximum absolute atomic E-state index is 9.01. The summed E-state index contributed by atoms with van der Waals surface area (Å²) in [6.45, 7) is 6.98. The zero-order valence-electron chi connectivity index (χ0n) is 12.3. The molecule has 20 heavy (non-hydrogen) atoms. The van der Waals surface area contributed by atoms with Crippen LogP contribution in [0.3, 0.4) is 0 Å². The van der Waals surface area contributed by atoms with E-state index in [1.54, 1.807) is 0 Å². The van der Waals surface area contributed by atoms with Gasteiger partial charge in [0.15, 0.2) is 6.79 Å². The van der Waals surface area contributed by atoms with E-state index in [1.807, 2.05) is 12.1 Å². The van der Waals surface area contributed by atoms with E-state index in [0.29, 0.717) is 19.4 Å². The van der Waals surface area contributed by atoms with Crippen molar-refractivity contribution < 1.29 is 14.6 Å². The summed E-state index contributed by atoms with van der Waals surface area (Å²) >= 11 is 0. The van der Waals surface area contributed by atoms with E-state index < -0.39 is 0 Å². The first kappa shape index (κ1) is 15.1. The summed E-state index contributed by atoms with van der Waals surface area (Å²) in [5.74, 6) is 0.903. The molecule has 1 aromatic rings. The van der Waals surface area contributed by atoms with Crippen LogP contribution in [0.25, 0.3) is 0 Å². The number of benzene rings is 1. The van der Waals surface area contributed by atoms with Gasteiger partial charge in [0.05, 0.1) is 6.61 Å². The summed E-state index contributed by atoms with van der Waals surface area (Å²) in [5, 5.41) is 9.01. The molecule has 0 spiro atoms. The Morgan fingerprint density at radius 1 is 1.40 bits per heavy atom. The topological polar surface area (TPSA) is 68.0 Å². The maximum Gasteiger partial charge on any atom is 0.189 e. The lowest BCUT2D eigenvalue weighted by atomic mass is 10.1. The van der Waals surface area contributed by atoms with Gasteiger partial charge < -0.3 is 20.3 Å². The second kappa shape index (κ2) is 6.92. The van der Waals surface area contributed by atoms with Gasteiger partial charge in [0.25, 0.3) is 0 Å². The minimum atomic E-state index is 0.211. The molecule has 0 saturated heterocycles. The molecule has 0 atom stereocenters. The van der Waals surface area contributed by atoms with Gasteiger partial charge in [0, 0.05) is 42.6 Å². The second-order valence-corrected chi connectivity index (χ2v) is 5.42. The number of hydrogen-bond acceptors (Lipinski definition) is 5. The van der Waals surface area contributed by atoms with Crippen LogP contribution in [0.5, 0.6) is 5.75 Å². The normalized spacial score (nSPS) is 14.4. The summed E-state index contributed by atoms with van der Waals surface area (Å²) in [6.07, 6.45) is 0.770. The third-order valence-corrected chi connectivity index (χ3v) is 3.52. The van der Waals surface area contributed by atoms with Crippen LogP contribution in [-0.4, -0.2) is 36.0 Å². The molecule has 2 rings (SSSR count). The van der Waals surface area contributed by atoms with Crippen molar-refractivity contribution >= 4 is 5.69 Å². The molecule has 1 aliphatic rings. The summed E-state index contributed by atoms with van der Waals surface area (Å²) in [4.78, 5) is 2.31. The van der Waals surface area contributed by atoms with Crippen LogP contribution in [0.2, 0.25) is 0 Å². The van der Waals surface area contributed by atoms with Gasteiger partial charge in [-0.3, -0.25) is 4.90 Å². The van der Waals surface area contributed by atoms with Crippen molar-refractivity contribution in [2.24, 2.45) is 0 Å². The average molecular weight is 280 g/mol. The van der Waals surface area contributed by atoms with E-state index in [0.717, 1.165) is 42.1 Å². The van der Waals surface area contributed by atoms with Gasteiger partial charge in [-0.1, -0.05) is 0 Å². The average Bonchev–Trinajstić information content (AvgIpc) is 2.42. The number of nitrogen functional groups attached to an aromatic ring is 1. The lowest BCUT2D eigenvalue weighted by Gasteiger charge is -2.29. The van der Waals surface area contributed by atoms with Crippen molar-refractivity contribution in [3.8, 4) is 5.75 Å². The number of fused-ring (bicyclic) bond motifs is 1. The highest BCUT2D eigenvalue weighted by atomic mass is 16.7. The van der Waals surface area contributed by atoms with Crippen LogP contribution in [0.15, 0.2) is 12.1 Å². The van der Waals surface area contributed by atoms with Gasteiger partial charge in [0.2, 0.25) is 0 Å². The first-order valence-corrected chi connectivity index (χ1v) is 7.08. The summed E-state index contributed by atoms with van der Waals surface area (Å²) in [5.41, 5.74) is 8.80. The highest BCUT2D eigenvalue weighted by Crippen LogP contribution is 2.32. The van der Waals surface area contributed by atoms with Gasteiger partial charge in [-0.25, -0.2) is 0 Å². The molecule has 5 nitrogen and oxygen atoms in total. The number of hydrogen-bond donors (Lipinski definition) is 2. The molecule has 0 aliphatic carbocycles. The highest BCUT2D eigenvalue weighted by molar-refractivity contribution is 5.53. The molecule has 0 saturated carbocycles. The van der Waals surface area contributed by atoms with Crippen LogP contribution < -0.4 is 10.5 Å². The molecular formula is C15H24N2O3. The molecule has 1 aliphatic heterocycles. The third kappa shape index (κ3) is 3.62. The van der Waals surface area contributed by atoms with Gasteiger partial charge in [-0.05, 0) is 32.4 Å². The quantitative estimate of drug-likeness (QED) is 0.777. The predicted molar refractivity (Wildman–Crippen MR) is 78.4 cm³/mol. The van der Waals surface area contributed by atoms with Crippen molar-refractivity contribution in [1.82, 2.24) is 4.90 Å². The number of nitrogens with two attached hydrogens (primary N) is 1. The second-order valence-electron chi connectivity index (χ2n) is 5.42. The molecule has 0 aromatic heterocycles. The first-order valence-electron chi connectivity index (χ1n) is 7.08. The lowest BCUT2D eigenvalue weighted by Crippen LogP contribution is -2.32.